The number of amides is 1. The van der Waals surface area contributed by atoms with Crippen molar-refractivity contribution in [1.82, 2.24) is 4.90 Å². The molecule has 1 unspecified atom stereocenters. The highest BCUT2D eigenvalue weighted by atomic mass is 35.5. The van der Waals surface area contributed by atoms with Gasteiger partial charge in [-0.3, -0.25) is 14.5 Å². The van der Waals surface area contributed by atoms with E-state index in [0.717, 1.165) is 25.9 Å². The maximum absolute atomic E-state index is 12.0. The number of benzene rings is 1. The summed E-state index contributed by atoms with van der Waals surface area (Å²) in [4.78, 5) is 25.4. The van der Waals surface area contributed by atoms with Crippen molar-refractivity contribution in [2.75, 3.05) is 25.0 Å². The van der Waals surface area contributed by atoms with Crippen LogP contribution in [0.2, 0.25) is 0 Å². The highest BCUT2D eigenvalue weighted by Gasteiger charge is 2.18. The van der Waals surface area contributed by atoms with Crippen LogP contribution in [0.15, 0.2) is 24.3 Å². The van der Waals surface area contributed by atoms with E-state index in [-0.39, 0.29) is 30.1 Å². The van der Waals surface area contributed by atoms with Crippen LogP contribution in [0.3, 0.4) is 0 Å². The highest BCUT2D eigenvalue weighted by Crippen LogP contribution is 2.12. The number of rotatable bonds is 4. The molecular formula is C15H22ClN3O2. The molecule has 21 heavy (non-hydrogen) atoms. The molecule has 0 aromatic heterocycles. The van der Waals surface area contributed by atoms with Crippen LogP contribution in [0.1, 0.15) is 30.1 Å². The van der Waals surface area contributed by atoms with Gasteiger partial charge in [0.05, 0.1) is 6.54 Å². The number of hydrogen-bond donors (Lipinski definition) is 2. The molecule has 0 bridgehead atoms. The molecule has 1 fully saturated rings. The lowest BCUT2D eigenvalue weighted by Gasteiger charge is -2.29. The van der Waals surface area contributed by atoms with E-state index in [0.29, 0.717) is 17.8 Å². The molecule has 1 aliphatic heterocycles. The maximum atomic E-state index is 12.0. The molecule has 2 rings (SSSR count). The molecule has 1 heterocycles. The summed E-state index contributed by atoms with van der Waals surface area (Å²) in [6.45, 7) is 3.53. The van der Waals surface area contributed by atoms with Crippen molar-refractivity contribution in [2.24, 2.45) is 5.73 Å². The van der Waals surface area contributed by atoms with Gasteiger partial charge in [0, 0.05) is 23.8 Å². The molecular weight excluding hydrogens is 290 g/mol. The molecule has 6 heteroatoms. The average molecular weight is 312 g/mol. The van der Waals surface area contributed by atoms with Crippen LogP contribution in [0, 0.1) is 0 Å². The van der Waals surface area contributed by atoms with Gasteiger partial charge in [-0.25, -0.2) is 0 Å². The van der Waals surface area contributed by atoms with Gasteiger partial charge < -0.3 is 11.1 Å². The van der Waals surface area contributed by atoms with Crippen LogP contribution in [0.25, 0.3) is 0 Å². The van der Waals surface area contributed by atoms with Crippen LogP contribution >= 0.6 is 12.4 Å². The molecule has 1 amide bonds. The van der Waals surface area contributed by atoms with E-state index in [1.807, 2.05) is 0 Å². The predicted octanol–water partition coefficient (Wildman–Crippen LogP) is 1.67. The van der Waals surface area contributed by atoms with Gasteiger partial charge >= 0.3 is 0 Å². The summed E-state index contributed by atoms with van der Waals surface area (Å²) in [6, 6.07) is 7.15. The summed E-state index contributed by atoms with van der Waals surface area (Å²) >= 11 is 0. The highest BCUT2D eigenvalue weighted by molar-refractivity contribution is 5.97. The number of carbonyl (C=O) groups excluding carboxylic acids is 2. The third-order valence-electron chi connectivity index (χ3n) is 3.46. The Bertz CT molecular complexity index is 507. The lowest BCUT2D eigenvalue weighted by atomic mass is 10.1. The molecule has 1 aromatic carbocycles. The van der Waals surface area contributed by atoms with Crippen molar-refractivity contribution in [3.63, 3.8) is 0 Å². The Morgan fingerprint density at radius 1 is 1.43 bits per heavy atom. The summed E-state index contributed by atoms with van der Waals surface area (Å²) in [5.41, 5.74) is 7.15. The van der Waals surface area contributed by atoms with Gasteiger partial charge in [0.25, 0.3) is 0 Å². The minimum atomic E-state index is -0.0696. The van der Waals surface area contributed by atoms with Crippen LogP contribution in [-0.2, 0) is 4.79 Å². The molecule has 0 radical (unpaired) electrons. The molecule has 116 valence electrons. The summed E-state index contributed by atoms with van der Waals surface area (Å²) in [6.07, 6.45) is 2.06. The Labute approximate surface area is 131 Å². The Morgan fingerprint density at radius 2 is 2.19 bits per heavy atom. The third-order valence-corrected chi connectivity index (χ3v) is 3.46. The Morgan fingerprint density at radius 3 is 2.86 bits per heavy atom. The predicted molar refractivity (Wildman–Crippen MR) is 86.0 cm³/mol. The van der Waals surface area contributed by atoms with Gasteiger partial charge in [0.2, 0.25) is 5.91 Å². The van der Waals surface area contributed by atoms with Gasteiger partial charge in [0.15, 0.2) is 5.78 Å². The van der Waals surface area contributed by atoms with Gasteiger partial charge in [-0.15, -0.1) is 12.4 Å². The van der Waals surface area contributed by atoms with E-state index in [1.54, 1.807) is 24.3 Å². The van der Waals surface area contributed by atoms with E-state index in [4.69, 9.17) is 5.73 Å². The number of anilines is 1. The molecule has 3 N–H and O–H groups in total. The largest absolute Gasteiger partial charge is 0.327 e. The summed E-state index contributed by atoms with van der Waals surface area (Å²) in [5, 5.41) is 2.83. The number of ketones is 1. The molecule has 0 spiro atoms. The third kappa shape index (κ3) is 5.46. The minimum Gasteiger partial charge on any atom is -0.327 e. The lowest BCUT2D eigenvalue weighted by molar-refractivity contribution is -0.117. The summed E-state index contributed by atoms with van der Waals surface area (Å²) in [5.74, 6) is -0.0806. The van der Waals surface area contributed by atoms with Crippen molar-refractivity contribution >= 4 is 29.8 Å². The number of Topliss-reactive ketones (excluding diaryl/α,β-unsaturated/α-hetero) is 1. The quantitative estimate of drug-likeness (QED) is 0.830. The summed E-state index contributed by atoms with van der Waals surface area (Å²) in [7, 11) is 0. The molecule has 1 atom stereocenters. The fourth-order valence-electron chi connectivity index (χ4n) is 2.45. The first-order valence-electron chi connectivity index (χ1n) is 6.93. The number of piperidine rings is 1. The number of nitrogens with zero attached hydrogens (tertiary/aromatic N) is 1. The molecule has 0 aliphatic carbocycles. The standard InChI is InChI=1S/C15H21N3O2.ClH/c1-11(19)12-4-2-6-14(8-12)17-15(20)10-18-7-3-5-13(16)9-18;/h2,4,6,8,13H,3,5,7,9-10,16H2,1H3,(H,17,20);1H. The van der Waals surface area contributed by atoms with Crippen LogP contribution in [-0.4, -0.2) is 42.3 Å². The maximum Gasteiger partial charge on any atom is 0.238 e. The van der Waals surface area contributed by atoms with Gasteiger partial charge in [-0.05, 0) is 38.4 Å². The SMILES string of the molecule is CC(=O)c1cccc(NC(=O)CN2CCCC(N)C2)c1.Cl. The first-order valence-corrected chi connectivity index (χ1v) is 6.93. The fraction of sp³-hybridized carbons (Fsp3) is 0.467. The summed E-state index contributed by atoms with van der Waals surface area (Å²) < 4.78 is 0. The second-order valence-corrected chi connectivity index (χ2v) is 5.32. The van der Waals surface area contributed by atoms with Gasteiger partial charge in [-0.1, -0.05) is 12.1 Å². The van der Waals surface area contributed by atoms with Crippen molar-refractivity contribution in [3.8, 4) is 0 Å². The Balaban J connectivity index is 0.00000220. The molecule has 0 saturated carbocycles. The van der Waals surface area contributed by atoms with Crippen molar-refractivity contribution in [2.45, 2.75) is 25.8 Å². The van der Waals surface area contributed by atoms with Gasteiger partial charge in [-0.2, -0.15) is 0 Å². The Kier molecular flexibility index (Phi) is 6.81. The number of likely N-dealkylation sites (tertiary alicyclic amines) is 1. The zero-order valence-corrected chi connectivity index (χ0v) is 13.0. The minimum absolute atomic E-state index is 0. The second-order valence-electron chi connectivity index (χ2n) is 5.32. The van der Waals surface area contributed by atoms with E-state index in [2.05, 4.69) is 10.2 Å². The monoisotopic (exact) mass is 311 g/mol. The van der Waals surface area contributed by atoms with Crippen molar-refractivity contribution < 1.29 is 9.59 Å². The Hall–Kier alpha value is -1.43. The van der Waals surface area contributed by atoms with Crippen molar-refractivity contribution in [1.29, 1.82) is 0 Å². The van der Waals surface area contributed by atoms with E-state index >= 15 is 0 Å². The fourth-order valence-corrected chi connectivity index (χ4v) is 2.45. The zero-order chi connectivity index (χ0) is 14.5. The van der Waals surface area contributed by atoms with Crippen LogP contribution in [0.5, 0.6) is 0 Å². The molecule has 1 aromatic rings. The van der Waals surface area contributed by atoms with E-state index < -0.39 is 0 Å². The first-order chi connectivity index (χ1) is 9.54. The smallest absolute Gasteiger partial charge is 0.238 e. The van der Waals surface area contributed by atoms with E-state index in [1.165, 1.54) is 6.92 Å². The van der Waals surface area contributed by atoms with E-state index in [9.17, 15) is 9.59 Å². The molecule has 5 nitrogen and oxygen atoms in total. The van der Waals surface area contributed by atoms with Crippen molar-refractivity contribution in [3.05, 3.63) is 29.8 Å². The lowest BCUT2D eigenvalue weighted by Crippen LogP contribution is -2.45. The van der Waals surface area contributed by atoms with Crippen LogP contribution in [0.4, 0.5) is 5.69 Å². The normalized spacial score (nSPS) is 18.7. The average Bonchev–Trinajstić information content (AvgIpc) is 2.38. The number of carbonyl (C=O) groups is 2. The first kappa shape index (κ1) is 17.6. The number of halogens is 1. The zero-order valence-electron chi connectivity index (χ0n) is 12.2. The second kappa shape index (κ2) is 8.12. The molecule has 1 saturated heterocycles. The molecule has 1 aliphatic rings. The van der Waals surface area contributed by atoms with Crippen LogP contribution < -0.4 is 11.1 Å². The number of hydrogen-bond acceptors (Lipinski definition) is 4. The number of nitrogens with one attached hydrogen (secondary N) is 1. The van der Waals surface area contributed by atoms with Gasteiger partial charge in [0.1, 0.15) is 0 Å². The number of nitrogens with two attached hydrogens (primary N) is 1. The topological polar surface area (TPSA) is 75.4 Å².